The fraction of sp³-hybridized carbons (Fsp3) is 0.455. The molecule has 2 nitrogen and oxygen atoms in total. The zero-order valence-electron chi connectivity index (χ0n) is 8.97. The molecule has 2 rings (SSSR count). The van der Waals surface area contributed by atoms with Gasteiger partial charge in [0, 0.05) is 6.04 Å². The number of nitrogens with zero attached hydrogens (tertiary/aromatic N) is 1. The maximum atomic E-state index is 5.90. The van der Waals surface area contributed by atoms with E-state index in [9.17, 15) is 0 Å². The fourth-order valence-electron chi connectivity index (χ4n) is 1.97. The molecule has 1 aromatic rings. The van der Waals surface area contributed by atoms with Crippen LogP contribution in [0, 0.1) is 0 Å². The summed E-state index contributed by atoms with van der Waals surface area (Å²) in [6, 6.07) is 10.9. The van der Waals surface area contributed by atoms with Gasteiger partial charge in [-0.2, -0.15) is 0 Å². The molecule has 0 aromatic heterocycles. The molecule has 0 spiro atoms. The largest absolute Gasteiger partial charge is 0.413 e. The van der Waals surface area contributed by atoms with Gasteiger partial charge in [0.2, 0.25) is 0 Å². The van der Waals surface area contributed by atoms with Gasteiger partial charge < -0.3 is 9.47 Å². The van der Waals surface area contributed by atoms with E-state index in [2.05, 4.69) is 49.9 Å². The molecule has 1 aliphatic rings. The number of hydrogen-bond donors (Lipinski definition) is 0. The molecule has 74 valence electrons. The van der Waals surface area contributed by atoms with Crippen molar-refractivity contribution in [3.8, 4) is 0 Å². The second kappa shape index (κ2) is 3.75. The van der Waals surface area contributed by atoms with Crippen molar-refractivity contribution >= 4 is 7.05 Å². The van der Waals surface area contributed by atoms with Crippen molar-refractivity contribution in [2.75, 3.05) is 7.05 Å². The molecule has 0 aliphatic carbocycles. The van der Waals surface area contributed by atoms with Crippen LogP contribution in [0.4, 0.5) is 0 Å². The van der Waals surface area contributed by atoms with Crippen LogP contribution in [0.15, 0.2) is 30.3 Å². The average Bonchev–Trinajstić information content (AvgIpc) is 2.47. The molecule has 1 aliphatic heterocycles. The maximum absolute atomic E-state index is 5.90. The molecule has 3 heteroatoms. The third-order valence-corrected chi connectivity index (χ3v) is 3.13. The second-order valence-electron chi connectivity index (χ2n) is 3.97. The Morgan fingerprint density at radius 3 is 2.43 bits per heavy atom. The van der Waals surface area contributed by atoms with E-state index >= 15 is 0 Å². The van der Waals surface area contributed by atoms with Gasteiger partial charge in [0.1, 0.15) is 0 Å². The Kier molecular flexibility index (Phi) is 2.61. The SMILES string of the molecule is CB1O[C@H](c2ccccc2)[C@H](C)N1C. The van der Waals surface area contributed by atoms with Crippen molar-refractivity contribution in [1.82, 2.24) is 4.81 Å². The predicted octanol–water partition coefficient (Wildman–Crippen LogP) is 2.20. The zero-order valence-corrected chi connectivity index (χ0v) is 8.97. The summed E-state index contributed by atoms with van der Waals surface area (Å²) in [5.41, 5.74) is 1.27. The van der Waals surface area contributed by atoms with Gasteiger partial charge in [-0.05, 0) is 26.4 Å². The van der Waals surface area contributed by atoms with E-state index < -0.39 is 0 Å². The Hall–Kier alpha value is -0.795. The van der Waals surface area contributed by atoms with Gasteiger partial charge in [-0.15, -0.1) is 0 Å². The molecular formula is C11H16BNO. The first-order valence-electron chi connectivity index (χ1n) is 5.12. The highest BCUT2D eigenvalue weighted by molar-refractivity contribution is 6.47. The van der Waals surface area contributed by atoms with Crippen molar-refractivity contribution in [1.29, 1.82) is 0 Å². The molecule has 0 amide bonds. The van der Waals surface area contributed by atoms with Gasteiger partial charge in [-0.1, -0.05) is 30.3 Å². The summed E-state index contributed by atoms with van der Waals surface area (Å²) >= 11 is 0. The lowest BCUT2D eigenvalue weighted by molar-refractivity contribution is 0.210. The minimum absolute atomic E-state index is 0.218. The maximum Gasteiger partial charge on any atom is 0.379 e. The molecule has 0 bridgehead atoms. The zero-order chi connectivity index (χ0) is 10.1. The van der Waals surface area contributed by atoms with Crippen molar-refractivity contribution < 1.29 is 4.65 Å². The summed E-state index contributed by atoms with van der Waals surface area (Å²) in [7, 11) is 2.33. The quantitative estimate of drug-likeness (QED) is 0.628. The Morgan fingerprint density at radius 1 is 1.29 bits per heavy atom. The van der Waals surface area contributed by atoms with E-state index in [0.29, 0.717) is 6.04 Å². The summed E-state index contributed by atoms with van der Waals surface area (Å²) in [6.07, 6.45) is 0.219. The average molecular weight is 189 g/mol. The number of hydrogen-bond acceptors (Lipinski definition) is 2. The van der Waals surface area contributed by atoms with Crippen molar-refractivity contribution in [2.45, 2.75) is 25.9 Å². The first-order valence-corrected chi connectivity index (χ1v) is 5.12. The minimum atomic E-state index is 0.218. The monoisotopic (exact) mass is 189 g/mol. The smallest absolute Gasteiger partial charge is 0.379 e. The van der Waals surface area contributed by atoms with Crippen molar-refractivity contribution in [2.24, 2.45) is 0 Å². The molecule has 0 N–H and O–H groups in total. The van der Waals surface area contributed by atoms with Crippen LogP contribution in [0.1, 0.15) is 18.6 Å². The van der Waals surface area contributed by atoms with Crippen LogP contribution in [-0.2, 0) is 4.65 Å². The van der Waals surface area contributed by atoms with Crippen LogP contribution >= 0.6 is 0 Å². The third kappa shape index (κ3) is 1.58. The van der Waals surface area contributed by atoms with Crippen LogP contribution < -0.4 is 0 Å². The molecule has 1 aromatic carbocycles. The Bertz CT molecular complexity index is 303. The normalized spacial score (nSPS) is 28.4. The third-order valence-electron chi connectivity index (χ3n) is 3.13. The molecule has 2 atom stereocenters. The van der Waals surface area contributed by atoms with E-state index in [0.717, 1.165) is 0 Å². The van der Waals surface area contributed by atoms with Gasteiger partial charge >= 0.3 is 7.05 Å². The van der Waals surface area contributed by atoms with Crippen LogP contribution in [0.5, 0.6) is 0 Å². The summed E-state index contributed by atoms with van der Waals surface area (Å²) in [5, 5.41) is 0. The topological polar surface area (TPSA) is 12.5 Å². The molecular weight excluding hydrogens is 173 g/mol. The van der Waals surface area contributed by atoms with Gasteiger partial charge in [0.05, 0.1) is 6.10 Å². The lowest BCUT2D eigenvalue weighted by Crippen LogP contribution is -2.32. The summed E-state index contributed by atoms with van der Waals surface area (Å²) in [6.45, 7) is 4.31. The first-order chi connectivity index (χ1) is 6.70. The summed E-state index contributed by atoms with van der Waals surface area (Å²) in [5.74, 6) is 0. The van der Waals surface area contributed by atoms with Crippen LogP contribution in [0.3, 0.4) is 0 Å². The summed E-state index contributed by atoms with van der Waals surface area (Å²) < 4.78 is 5.90. The standard InChI is InChI=1S/C11H16BNO/c1-9-11(14-12(2)13(9)3)10-7-5-4-6-8-10/h4-9,11H,1-3H3/t9-,11-/m0/s1. The Labute approximate surface area is 86.0 Å². The van der Waals surface area contributed by atoms with Gasteiger partial charge in [0.25, 0.3) is 0 Å². The molecule has 0 radical (unpaired) electrons. The van der Waals surface area contributed by atoms with Crippen molar-refractivity contribution in [3.63, 3.8) is 0 Å². The number of benzene rings is 1. The van der Waals surface area contributed by atoms with E-state index in [1.165, 1.54) is 5.56 Å². The van der Waals surface area contributed by atoms with E-state index in [1.807, 2.05) is 6.07 Å². The minimum Gasteiger partial charge on any atom is -0.413 e. The number of likely N-dealkylation sites (N-methyl/N-ethyl adjacent to an activating group) is 1. The lowest BCUT2D eigenvalue weighted by atomic mass is 9.86. The van der Waals surface area contributed by atoms with E-state index in [-0.39, 0.29) is 13.2 Å². The Morgan fingerprint density at radius 2 is 1.93 bits per heavy atom. The van der Waals surface area contributed by atoms with Crippen LogP contribution in [0.2, 0.25) is 6.82 Å². The predicted molar refractivity (Wildman–Crippen MR) is 59.1 cm³/mol. The van der Waals surface area contributed by atoms with Gasteiger partial charge in [-0.25, -0.2) is 0 Å². The highest BCUT2D eigenvalue weighted by Crippen LogP contribution is 2.31. The molecule has 1 heterocycles. The summed E-state index contributed by atoms with van der Waals surface area (Å²) in [4.78, 5) is 2.26. The second-order valence-corrected chi connectivity index (χ2v) is 3.97. The van der Waals surface area contributed by atoms with Crippen LogP contribution in [0.25, 0.3) is 0 Å². The van der Waals surface area contributed by atoms with E-state index in [1.54, 1.807) is 0 Å². The molecule has 0 saturated carbocycles. The Balaban J connectivity index is 2.21. The van der Waals surface area contributed by atoms with Crippen molar-refractivity contribution in [3.05, 3.63) is 35.9 Å². The molecule has 0 unspecified atom stereocenters. The van der Waals surface area contributed by atoms with Gasteiger partial charge in [0.15, 0.2) is 0 Å². The van der Waals surface area contributed by atoms with Crippen LogP contribution in [-0.4, -0.2) is 25.0 Å². The molecule has 14 heavy (non-hydrogen) atoms. The highest BCUT2D eigenvalue weighted by Gasteiger charge is 2.37. The fourth-order valence-corrected chi connectivity index (χ4v) is 1.97. The first kappa shape index (κ1) is 9.75. The molecule has 1 fully saturated rings. The van der Waals surface area contributed by atoms with Gasteiger partial charge in [-0.3, -0.25) is 0 Å². The molecule has 1 saturated heterocycles. The number of rotatable bonds is 1. The lowest BCUT2D eigenvalue weighted by Gasteiger charge is -2.19. The highest BCUT2D eigenvalue weighted by atomic mass is 16.5. The van der Waals surface area contributed by atoms with E-state index in [4.69, 9.17) is 4.65 Å².